The average Bonchev–Trinajstić information content (AvgIpc) is 2.69. The summed E-state index contributed by atoms with van der Waals surface area (Å²) in [5.74, 6) is -0.00832. The lowest BCUT2D eigenvalue weighted by molar-refractivity contribution is 0.0728. The van der Waals surface area contributed by atoms with E-state index in [9.17, 15) is 10.1 Å². The fraction of sp³-hybridized carbons (Fsp3) is 0.100. The SMILES string of the molecule is CCOc1cc(-c2nc(N)nc(N)c2C#N)ccc1OC(=O)c1ccccc1. The summed E-state index contributed by atoms with van der Waals surface area (Å²) >= 11 is 0. The molecule has 0 bridgehead atoms. The van der Waals surface area contributed by atoms with Crippen LogP contribution in [-0.4, -0.2) is 22.5 Å². The van der Waals surface area contributed by atoms with Crippen molar-refractivity contribution in [1.29, 1.82) is 5.26 Å². The summed E-state index contributed by atoms with van der Waals surface area (Å²) in [5.41, 5.74) is 12.8. The van der Waals surface area contributed by atoms with Crippen LogP contribution in [0.5, 0.6) is 11.5 Å². The van der Waals surface area contributed by atoms with Crippen molar-refractivity contribution in [2.75, 3.05) is 18.1 Å². The van der Waals surface area contributed by atoms with Gasteiger partial charge in [0.05, 0.1) is 17.9 Å². The van der Waals surface area contributed by atoms with E-state index in [1.165, 1.54) is 0 Å². The second-order valence-corrected chi connectivity index (χ2v) is 5.65. The summed E-state index contributed by atoms with van der Waals surface area (Å²) in [5, 5.41) is 9.37. The Bertz CT molecular complexity index is 1060. The third-order valence-corrected chi connectivity index (χ3v) is 3.80. The maximum atomic E-state index is 12.3. The average molecular weight is 375 g/mol. The third-order valence-electron chi connectivity index (χ3n) is 3.80. The van der Waals surface area contributed by atoms with Crippen molar-refractivity contribution in [3.8, 4) is 28.8 Å². The highest BCUT2D eigenvalue weighted by molar-refractivity contribution is 5.91. The summed E-state index contributed by atoms with van der Waals surface area (Å²) in [6, 6.07) is 15.4. The molecule has 0 amide bonds. The van der Waals surface area contributed by atoms with Gasteiger partial charge in [0.2, 0.25) is 5.95 Å². The maximum absolute atomic E-state index is 12.3. The highest BCUT2D eigenvalue weighted by Gasteiger charge is 2.17. The zero-order chi connectivity index (χ0) is 20.1. The monoisotopic (exact) mass is 375 g/mol. The normalized spacial score (nSPS) is 10.1. The Morgan fingerprint density at radius 2 is 1.86 bits per heavy atom. The molecule has 0 fully saturated rings. The number of nitrogens with zero attached hydrogens (tertiary/aromatic N) is 3. The fourth-order valence-electron chi connectivity index (χ4n) is 2.56. The lowest BCUT2D eigenvalue weighted by Crippen LogP contribution is -2.10. The van der Waals surface area contributed by atoms with Gasteiger partial charge in [-0.2, -0.15) is 10.2 Å². The van der Waals surface area contributed by atoms with E-state index in [2.05, 4.69) is 9.97 Å². The number of esters is 1. The minimum absolute atomic E-state index is 0.0115. The summed E-state index contributed by atoms with van der Waals surface area (Å²) in [6.45, 7) is 2.15. The minimum Gasteiger partial charge on any atom is -0.490 e. The predicted octanol–water partition coefficient (Wildman–Crippen LogP) is 2.80. The Labute approximate surface area is 161 Å². The molecule has 2 aromatic carbocycles. The topological polar surface area (TPSA) is 137 Å². The van der Waals surface area contributed by atoms with Crippen molar-refractivity contribution in [3.05, 3.63) is 59.7 Å². The number of anilines is 2. The molecular weight excluding hydrogens is 358 g/mol. The summed E-state index contributed by atoms with van der Waals surface area (Å²) in [6.07, 6.45) is 0. The maximum Gasteiger partial charge on any atom is 0.343 e. The van der Waals surface area contributed by atoms with Gasteiger partial charge in [-0.1, -0.05) is 18.2 Å². The van der Waals surface area contributed by atoms with E-state index in [1.807, 2.05) is 12.1 Å². The van der Waals surface area contributed by atoms with Crippen molar-refractivity contribution < 1.29 is 14.3 Å². The number of nitrogens with two attached hydrogens (primary N) is 2. The van der Waals surface area contributed by atoms with Crippen molar-refractivity contribution in [2.24, 2.45) is 0 Å². The standard InChI is InChI=1S/C20H17N5O3/c1-2-27-16-10-13(17-14(11-21)18(22)25-20(23)24-17)8-9-15(16)28-19(26)12-6-4-3-5-7-12/h3-10H,2H2,1H3,(H4,22,23,24,25). The molecular formula is C20H17N5O3. The van der Waals surface area contributed by atoms with Crippen LogP contribution in [-0.2, 0) is 0 Å². The largest absolute Gasteiger partial charge is 0.490 e. The molecule has 4 N–H and O–H groups in total. The highest BCUT2D eigenvalue weighted by Crippen LogP contribution is 2.34. The molecule has 0 aliphatic rings. The fourth-order valence-corrected chi connectivity index (χ4v) is 2.56. The molecule has 8 heteroatoms. The minimum atomic E-state index is -0.512. The Morgan fingerprint density at radius 3 is 2.54 bits per heavy atom. The van der Waals surface area contributed by atoms with E-state index in [-0.39, 0.29) is 28.8 Å². The lowest BCUT2D eigenvalue weighted by atomic mass is 10.1. The zero-order valence-corrected chi connectivity index (χ0v) is 15.0. The van der Waals surface area contributed by atoms with Gasteiger partial charge in [0, 0.05) is 5.56 Å². The first-order chi connectivity index (χ1) is 13.5. The molecule has 0 saturated heterocycles. The van der Waals surface area contributed by atoms with Crippen molar-refractivity contribution in [2.45, 2.75) is 6.92 Å². The van der Waals surface area contributed by atoms with Gasteiger partial charge in [0.1, 0.15) is 17.5 Å². The van der Waals surface area contributed by atoms with Gasteiger partial charge in [0.15, 0.2) is 11.5 Å². The summed E-state index contributed by atoms with van der Waals surface area (Å²) in [7, 11) is 0. The van der Waals surface area contributed by atoms with Crippen LogP contribution in [0.15, 0.2) is 48.5 Å². The number of rotatable bonds is 5. The van der Waals surface area contributed by atoms with Crippen molar-refractivity contribution >= 4 is 17.7 Å². The number of carbonyl (C=O) groups excluding carboxylic acids is 1. The van der Waals surface area contributed by atoms with Crippen molar-refractivity contribution in [1.82, 2.24) is 9.97 Å². The number of aromatic nitrogens is 2. The number of hydrogen-bond donors (Lipinski definition) is 2. The van der Waals surface area contributed by atoms with Crippen LogP contribution in [0.1, 0.15) is 22.8 Å². The van der Waals surface area contributed by atoms with Crippen LogP contribution in [0.4, 0.5) is 11.8 Å². The number of ether oxygens (including phenoxy) is 2. The molecule has 3 rings (SSSR count). The Balaban J connectivity index is 2.01. The molecule has 1 aromatic heterocycles. The van der Waals surface area contributed by atoms with Gasteiger partial charge in [-0.15, -0.1) is 0 Å². The van der Waals surface area contributed by atoms with Crippen LogP contribution < -0.4 is 20.9 Å². The quantitative estimate of drug-likeness (QED) is 0.513. The van der Waals surface area contributed by atoms with Crippen LogP contribution in [0.3, 0.4) is 0 Å². The molecule has 140 valence electrons. The molecule has 0 atom stereocenters. The van der Waals surface area contributed by atoms with Gasteiger partial charge < -0.3 is 20.9 Å². The number of nitriles is 1. The first-order valence-corrected chi connectivity index (χ1v) is 8.41. The van der Waals surface area contributed by atoms with E-state index < -0.39 is 5.97 Å². The van der Waals surface area contributed by atoms with E-state index >= 15 is 0 Å². The Hall–Kier alpha value is -4.12. The van der Waals surface area contributed by atoms with E-state index in [4.69, 9.17) is 20.9 Å². The van der Waals surface area contributed by atoms with Gasteiger partial charge in [0.25, 0.3) is 0 Å². The van der Waals surface area contributed by atoms with Crippen LogP contribution >= 0.6 is 0 Å². The summed E-state index contributed by atoms with van der Waals surface area (Å²) < 4.78 is 11.1. The third kappa shape index (κ3) is 3.83. The Morgan fingerprint density at radius 1 is 1.11 bits per heavy atom. The number of hydrogen-bond acceptors (Lipinski definition) is 8. The first kappa shape index (κ1) is 18.7. The van der Waals surface area contributed by atoms with Gasteiger partial charge in [-0.05, 0) is 37.3 Å². The molecule has 1 heterocycles. The Kier molecular flexibility index (Phi) is 5.37. The summed E-state index contributed by atoms with van der Waals surface area (Å²) in [4.78, 5) is 20.3. The van der Waals surface area contributed by atoms with Gasteiger partial charge >= 0.3 is 5.97 Å². The smallest absolute Gasteiger partial charge is 0.343 e. The van der Waals surface area contributed by atoms with E-state index in [0.717, 1.165) is 0 Å². The second-order valence-electron chi connectivity index (χ2n) is 5.65. The molecule has 0 unspecified atom stereocenters. The molecule has 0 saturated carbocycles. The molecule has 28 heavy (non-hydrogen) atoms. The molecule has 0 aliphatic heterocycles. The molecule has 8 nitrogen and oxygen atoms in total. The predicted molar refractivity (Wildman–Crippen MR) is 104 cm³/mol. The number of benzene rings is 2. The molecule has 0 aliphatic carbocycles. The highest BCUT2D eigenvalue weighted by atomic mass is 16.6. The molecule has 0 spiro atoms. The van der Waals surface area contributed by atoms with Gasteiger partial charge in [-0.25, -0.2) is 9.78 Å². The van der Waals surface area contributed by atoms with E-state index in [0.29, 0.717) is 23.5 Å². The van der Waals surface area contributed by atoms with Crippen LogP contribution in [0.2, 0.25) is 0 Å². The second kappa shape index (κ2) is 8.05. The lowest BCUT2D eigenvalue weighted by Gasteiger charge is -2.13. The number of carbonyl (C=O) groups is 1. The zero-order valence-electron chi connectivity index (χ0n) is 15.0. The molecule has 0 radical (unpaired) electrons. The van der Waals surface area contributed by atoms with E-state index in [1.54, 1.807) is 49.4 Å². The van der Waals surface area contributed by atoms with Crippen molar-refractivity contribution in [3.63, 3.8) is 0 Å². The van der Waals surface area contributed by atoms with Crippen LogP contribution in [0, 0.1) is 11.3 Å². The van der Waals surface area contributed by atoms with Gasteiger partial charge in [-0.3, -0.25) is 0 Å². The first-order valence-electron chi connectivity index (χ1n) is 8.41. The molecule has 3 aromatic rings. The van der Waals surface area contributed by atoms with Crippen LogP contribution in [0.25, 0.3) is 11.3 Å². The number of nitrogen functional groups attached to an aromatic ring is 2.